The van der Waals surface area contributed by atoms with Crippen molar-refractivity contribution in [1.29, 1.82) is 0 Å². The van der Waals surface area contributed by atoms with E-state index in [-0.39, 0.29) is 6.61 Å². The molecule has 3 rings (SSSR count). The van der Waals surface area contributed by atoms with Gasteiger partial charge in [0.2, 0.25) is 0 Å². The van der Waals surface area contributed by atoms with Crippen LogP contribution in [0, 0.1) is 0 Å². The van der Waals surface area contributed by atoms with Crippen LogP contribution >= 0.6 is 0 Å². The highest BCUT2D eigenvalue weighted by molar-refractivity contribution is 5.82. The van der Waals surface area contributed by atoms with Gasteiger partial charge in [-0.15, -0.1) is 0 Å². The highest BCUT2D eigenvalue weighted by atomic mass is 16.7. The van der Waals surface area contributed by atoms with E-state index in [0.29, 0.717) is 17.0 Å². The molecule has 12 heteroatoms. The standard InChI is InChI=1S/C17H21N5O7/c1-8(23)26-5-11-13(27-9(2)24)14(28-10(3)25)17(29-11)22-7-21-12-15(18-4)19-6-20-16(12)22/h6-7,11,13-14,17H,5H2,1-4H3,(H,18,19,20). The summed E-state index contributed by atoms with van der Waals surface area (Å²) in [7, 11) is 1.69. The molecule has 12 nitrogen and oxygen atoms in total. The molecule has 1 N–H and O–H groups in total. The second-order valence-corrected chi connectivity index (χ2v) is 6.31. The molecule has 0 amide bonds. The molecule has 2 aromatic rings. The van der Waals surface area contributed by atoms with Crippen LogP contribution in [0.3, 0.4) is 0 Å². The highest BCUT2D eigenvalue weighted by Crippen LogP contribution is 2.36. The zero-order valence-electron chi connectivity index (χ0n) is 16.3. The Kier molecular flexibility index (Phi) is 5.92. The minimum atomic E-state index is -1.01. The van der Waals surface area contributed by atoms with Crippen LogP contribution in [-0.2, 0) is 33.3 Å². The maximum atomic E-state index is 11.7. The number of carbonyl (C=O) groups excluding carboxylic acids is 3. The van der Waals surface area contributed by atoms with Gasteiger partial charge in [-0.05, 0) is 0 Å². The van der Waals surface area contributed by atoms with E-state index in [2.05, 4.69) is 20.3 Å². The van der Waals surface area contributed by atoms with Crippen LogP contribution in [0.1, 0.15) is 27.0 Å². The van der Waals surface area contributed by atoms with Crippen molar-refractivity contribution in [3.63, 3.8) is 0 Å². The number of imidazole rings is 1. The van der Waals surface area contributed by atoms with Crippen molar-refractivity contribution in [2.45, 2.75) is 45.3 Å². The number of ether oxygens (including phenoxy) is 4. The maximum absolute atomic E-state index is 11.7. The molecule has 29 heavy (non-hydrogen) atoms. The number of fused-ring (bicyclic) bond motifs is 1. The summed E-state index contributed by atoms with van der Waals surface area (Å²) in [6.07, 6.45) is -0.984. The van der Waals surface area contributed by atoms with E-state index in [9.17, 15) is 14.4 Å². The van der Waals surface area contributed by atoms with Gasteiger partial charge in [-0.3, -0.25) is 19.0 Å². The summed E-state index contributed by atoms with van der Waals surface area (Å²) in [5, 5.41) is 2.91. The zero-order valence-corrected chi connectivity index (χ0v) is 16.3. The van der Waals surface area contributed by atoms with Crippen LogP contribution < -0.4 is 5.32 Å². The second kappa shape index (κ2) is 8.39. The van der Waals surface area contributed by atoms with E-state index in [1.54, 1.807) is 11.6 Å². The van der Waals surface area contributed by atoms with Gasteiger partial charge >= 0.3 is 17.9 Å². The Hall–Kier alpha value is -3.28. The Morgan fingerprint density at radius 2 is 1.76 bits per heavy atom. The normalized spacial score (nSPS) is 23.6. The number of hydrogen-bond donors (Lipinski definition) is 1. The van der Waals surface area contributed by atoms with Gasteiger partial charge < -0.3 is 24.3 Å². The molecule has 0 bridgehead atoms. The monoisotopic (exact) mass is 407 g/mol. The summed E-state index contributed by atoms with van der Waals surface area (Å²) in [5.74, 6) is -1.21. The van der Waals surface area contributed by atoms with E-state index in [1.165, 1.54) is 33.4 Å². The lowest BCUT2D eigenvalue weighted by Gasteiger charge is -2.23. The average Bonchev–Trinajstić information content (AvgIpc) is 3.21. The number of aromatic nitrogens is 4. The van der Waals surface area contributed by atoms with Crippen molar-refractivity contribution in [2.75, 3.05) is 19.0 Å². The summed E-state index contributed by atoms with van der Waals surface area (Å²) < 4.78 is 23.3. The Morgan fingerprint density at radius 3 is 2.38 bits per heavy atom. The number of hydrogen-bond acceptors (Lipinski definition) is 11. The zero-order chi connectivity index (χ0) is 21.1. The SMILES string of the molecule is CNc1ncnc2c1ncn2C1OC(COC(C)=O)C(OC(C)=O)C1OC(C)=O. The first-order valence-electron chi connectivity index (χ1n) is 8.80. The van der Waals surface area contributed by atoms with Crippen LogP contribution in [0.4, 0.5) is 5.82 Å². The Morgan fingerprint density at radius 1 is 1.07 bits per heavy atom. The first-order valence-corrected chi connectivity index (χ1v) is 8.80. The van der Waals surface area contributed by atoms with E-state index < -0.39 is 42.4 Å². The molecule has 3 heterocycles. The van der Waals surface area contributed by atoms with E-state index in [1.807, 2.05) is 0 Å². The molecule has 4 unspecified atom stereocenters. The fraction of sp³-hybridized carbons (Fsp3) is 0.529. The summed E-state index contributed by atoms with van der Waals surface area (Å²) in [6, 6.07) is 0. The average molecular weight is 407 g/mol. The van der Waals surface area contributed by atoms with Crippen LogP contribution in [0.2, 0.25) is 0 Å². The molecule has 0 saturated carbocycles. The minimum absolute atomic E-state index is 0.190. The van der Waals surface area contributed by atoms with Crippen molar-refractivity contribution in [1.82, 2.24) is 19.5 Å². The molecule has 0 spiro atoms. The first-order chi connectivity index (χ1) is 13.8. The molecule has 0 radical (unpaired) electrons. The van der Waals surface area contributed by atoms with Gasteiger partial charge in [0.1, 0.15) is 24.6 Å². The van der Waals surface area contributed by atoms with E-state index in [0.717, 1.165) is 0 Å². The van der Waals surface area contributed by atoms with Gasteiger partial charge in [0.05, 0.1) is 6.33 Å². The quantitative estimate of drug-likeness (QED) is 0.517. The van der Waals surface area contributed by atoms with Crippen molar-refractivity contribution in [2.24, 2.45) is 0 Å². The largest absolute Gasteiger partial charge is 0.463 e. The molecule has 4 atom stereocenters. The summed E-state index contributed by atoms with van der Waals surface area (Å²) >= 11 is 0. The van der Waals surface area contributed by atoms with Gasteiger partial charge in [0, 0.05) is 27.8 Å². The number of carbonyl (C=O) groups is 3. The van der Waals surface area contributed by atoms with Crippen molar-refractivity contribution >= 4 is 34.9 Å². The number of esters is 3. The summed E-state index contributed by atoms with van der Waals surface area (Å²) in [6.45, 7) is 3.51. The van der Waals surface area contributed by atoms with Crippen molar-refractivity contribution < 1.29 is 33.3 Å². The first kappa shape index (κ1) is 20.5. The third-order valence-corrected chi connectivity index (χ3v) is 4.21. The Labute approximate surface area is 165 Å². The van der Waals surface area contributed by atoms with Crippen molar-refractivity contribution in [3.8, 4) is 0 Å². The van der Waals surface area contributed by atoms with E-state index in [4.69, 9.17) is 18.9 Å². The Balaban J connectivity index is 2.02. The molecular formula is C17H21N5O7. The smallest absolute Gasteiger partial charge is 0.303 e. The molecule has 1 saturated heterocycles. The lowest BCUT2D eigenvalue weighted by atomic mass is 10.1. The highest BCUT2D eigenvalue weighted by Gasteiger charge is 2.51. The van der Waals surface area contributed by atoms with Gasteiger partial charge in [-0.2, -0.15) is 0 Å². The van der Waals surface area contributed by atoms with Gasteiger partial charge in [-0.1, -0.05) is 0 Å². The van der Waals surface area contributed by atoms with Crippen LogP contribution in [-0.4, -0.2) is 69.4 Å². The topological polar surface area (TPSA) is 144 Å². The predicted molar refractivity (Wildman–Crippen MR) is 96.5 cm³/mol. The van der Waals surface area contributed by atoms with Crippen LogP contribution in [0.15, 0.2) is 12.7 Å². The van der Waals surface area contributed by atoms with Crippen LogP contribution in [0.25, 0.3) is 11.2 Å². The molecular weight excluding hydrogens is 386 g/mol. The number of anilines is 1. The fourth-order valence-electron chi connectivity index (χ4n) is 3.14. The number of nitrogens with zero attached hydrogens (tertiary/aromatic N) is 4. The van der Waals surface area contributed by atoms with Crippen LogP contribution in [0.5, 0.6) is 0 Å². The lowest BCUT2D eigenvalue weighted by Crippen LogP contribution is -2.40. The molecule has 156 valence electrons. The number of rotatable bonds is 6. The third kappa shape index (κ3) is 4.26. The summed E-state index contributed by atoms with van der Waals surface area (Å²) in [4.78, 5) is 47.2. The maximum Gasteiger partial charge on any atom is 0.303 e. The second-order valence-electron chi connectivity index (χ2n) is 6.31. The van der Waals surface area contributed by atoms with Gasteiger partial charge in [0.15, 0.2) is 29.9 Å². The van der Waals surface area contributed by atoms with Gasteiger partial charge in [-0.25, -0.2) is 15.0 Å². The fourth-order valence-corrected chi connectivity index (χ4v) is 3.14. The molecule has 0 aliphatic carbocycles. The lowest BCUT2D eigenvalue weighted by molar-refractivity contribution is -0.166. The van der Waals surface area contributed by atoms with Gasteiger partial charge in [0.25, 0.3) is 0 Å². The number of nitrogens with one attached hydrogen (secondary N) is 1. The third-order valence-electron chi connectivity index (χ3n) is 4.21. The van der Waals surface area contributed by atoms with Crippen molar-refractivity contribution in [3.05, 3.63) is 12.7 Å². The molecule has 2 aromatic heterocycles. The molecule has 1 aliphatic rings. The molecule has 1 fully saturated rings. The Bertz CT molecular complexity index is 930. The predicted octanol–water partition coefficient (Wildman–Crippen LogP) is 0.192. The summed E-state index contributed by atoms with van der Waals surface area (Å²) in [5.41, 5.74) is 0.897. The molecule has 1 aliphatic heterocycles. The van der Waals surface area contributed by atoms with E-state index >= 15 is 0 Å². The minimum Gasteiger partial charge on any atom is -0.463 e. The molecule has 0 aromatic carbocycles.